The van der Waals surface area contributed by atoms with Crippen LogP contribution in [-0.2, 0) is 4.79 Å². The normalized spacial score (nSPS) is 18.6. The fourth-order valence-electron chi connectivity index (χ4n) is 2.09. The fourth-order valence-corrected chi connectivity index (χ4v) is 2.09. The van der Waals surface area contributed by atoms with Crippen LogP contribution in [0.15, 0.2) is 18.2 Å². The first-order valence-corrected chi connectivity index (χ1v) is 6.09. The van der Waals surface area contributed by atoms with E-state index < -0.39 is 5.54 Å². The van der Waals surface area contributed by atoms with Crippen LogP contribution >= 0.6 is 0 Å². The summed E-state index contributed by atoms with van der Waals surface area (Å²) in [5.74, 6) is -0.0232. The smallest absolute Gasteiger partial charge is 0.240 e. The summed E-state index contributed by atoms with van der Waals surface area (Å²) in [6.45, 7) is 6.14. The van der Waals surface area contributed by atoms with Crippen molar-refractivity contribution in [1.82, 2.24) is 5.32 Å². The van der Waals surface area contributed by atoms with Crippen molar-refractivity contribution < 1.29 is 4.79 Å². The van der Waals surface area contributed by atoms with Crippen molar-refractivity contribution in [2.75, 3.05) is 0 Å². The van der Waals surface area contributed by atoms with E-state index in [2.05, 4.69) is 37.4 Å². The van der Waals surface area contributed by atoms with Gasteiger partial charge in [-0.3, -0.25) is 4.79 Å². The van der Waals surface area contributed by atoms with Gasteiger partial charge in [0, 0.05) is 0 Å². The molecule has 2 rings (SSSR count). The van der Waals surface area contributed by atoms with Crippen LogP contribution in [0.25, 0.3) is 0 Å². The lowest BCUT2D eigenvalue weighted by Gasteiger charge is -2.19. The highest BCUT2D eigenvalue weighted by Crippen LogP contribution is 2.33. The predicted molar refractivity (Wildman–Crippen MR) is 68.6 cm³/mol. The number of aryl methyl sites for hydroxylation is 2. The van der Waals surface area contributed by atoms with Crippen LogP contribution in [0.1, 0.15) is 42.5 Å². The number of nitrogens with two attached hydrogens (primary N) is 1. The molecule has 0 radical (unpaired) electrons. The Bertz CT molecular complexity index is 450. The molecule has 1 aromatic carbocycles. The molecule has 1 fully saturated rings. The van der Waals surface area contributed by atoms with Gasteiger partial charge in [-0.2, -0.15) is 0 Å². The SMILES string of the molecule is Cc1ccc(C(C)NC(=O)C2(N)CC2)c(C)c1. The van der Waals surface area contributed by atoms with Gasteiger partial charge in [-0.1, -0.05) is 23.8 Å². The Morgan fingerprint density at radius 3 is 2.59 bits per heavy atom. The molecule has 0 bridgehead atoms. The maximum Gasteiger partial charge on any atom is 0.240 e. The molecule has 0 heterocycles. The second kappa shape index (κ2) is 4.15. The first-order valence-electron chi connectivity index (χ1n) is 6.09. The first kappa shape index (κ1) is 12.1. The van der Waals surface area contributed by atoms with Crippen LogP contribution in [0, 0.1) is 13.8 Å². The molecule has 0 saturated heterocycles. The average Bonchev–Trinajstić information content (AvgIpc) is 2.97. The second-order valence-electron chi connectivity index (χ2n) is 5.21. The number of rotatable bonds is 3. The van der Waals surface area contributed by atoms with Crippen molar-refractivity contribution in [3.05, 3.63) is 34.9 Å². The number of carbonyl (C=O) groups is 1. The van der Waals surface area contributed by atoms with Gasteiger partial charge in [-0.15, -0.1) is 0 Å². The molecule has 3 N–H and O–H groups in total. The van der Waals surface area contributed by atoms with Crippen molar-refractivity contribution in [3.63, 3.8) is 0 Å². The molecule has 1 aliphatic rings. The summed E-state index contributed by atoms with van der Waals surface area (Å²) >= 11 is 0. The Balaban J connectivity index is 2.09. The highest BCUT2D eigenvalue weighted by atomic mass is 16.2. The minimum absolute atomic E-state index is 0.0177. The van der Waals surface area contributed by atoms with Crippen molar-refractivity contribution >= 4 is 5.91 Å². The van der Waals surface area contributed by atoms with Gasteiger partial charge in [0.05, 0.1) is 11.6 Å². The average molecular weight is 232 g/mol. The zero-order valence-electron chi connectivity index (χ0n) is 10.7. The van der Waals surface area contributed by atoms with E-state index in [0.717, 1.165) is 18.4 Å². The van der Waals surface area contributed by atoms with E-state index >= 15 is 0 Å². The van der Waals surface area contributed by atoms with Crippen LogP contribution in [0.2, 0.25) is 0 Å². The van der Waals surface area contributed by atoms with Crippen LogP contribution in [-0.4, -0.2) is 11.4 Å². The van der Waals surface area contributed by atoms with Crippen molar-refractivity contribution in [2.24, 2.45) is 5.73 Å². The van der Waals surface area contributed by atoms with Crippen molar-refractivity contribution in [1.29, 1.82) is 0 Å². The lowest BCUT2D eigenvalue weighted by Crippen LogP contribution is -2.43. The summed E-state index contributed by atoms with van der Waals surface area (Å²) < 4.78 is 0. The molecule has 1 aromatic rings. The van der Waals surface area contributed by atoms with Crippen LogP contribution in [0.4, 0.5) is 0 Å². The molecule has 0 aromatic heterocycles. The predicted octanol–water partition coefficient (Wildman–Crippen LogP) is 1.97. The summed E-state index contributed by atoms with van der Waals surface area (Å²) in [6.07, 6.45) is 1.61. The van der Waals surface area contributed by atoms with E-state index in [1.807, 2.05) is 6.92 Å². The van der Waals surface area contributed by atoms with E-state index in [9.17, 15) is 4.79 Å². The number of carbonyl (C=O) groups excluding carboxylic acids is 1. The van der Waals surface area contributed by atoms with E-state index in [4.69, 9.17) is 5.73 Å². The van der Waals surface area contributed by atoms with E-state index in [1.165, 1.54) is 11.1 Å². The highest BCUT2D eigenvalue weighted by molar-refractivity contribution is 5.89. The summed E-state index contributed by atoms with van der Waals surface area (Å²) in [6, 6.07) is 6.29. The maximum absolute atomic E-state index is 11.9. The van der Waals surface area contributed by atoms with Gasteiger partial charge in [0.2, 0.25) is 5.91 Å². The van der Waals surface area contributed by atoms with E-state index in [1.54, 1.807) is 0 Å². The lowest BCUT2D eigenvalue weighted by atomic mass is 10.00. The fraction of sp³-hybridized carbons (Fsp3) is 0.500. The summed E-state index contributed by atoms with van der Waals surface area (Å²) in [5.41, 5.74) is 8.88. The second-order valence-corrected chi connectivity index (χ2v) is 5.21. The van der Waals surface area contributed by atoms with E-state index in [0.29, 0.717) is 0 Å². The van der Waals surface area contributed by atoms with Crippen molar-refractivity contribution in [2.45, 2.75) is 45.2 Å². The molecule has 3 nitrogen and oxygen atoms in total. The molecule has 1 unspecified atom stereocenters. The van der Waals surface area contributed by atoms with E-state index in [-0.39, 0.29) is 11.9 Å². The lowest BCUT2D eigenvalue weighted by molar-refractivity contribution is -0.123. The topological polar surface area (TPSA) is 55.1 Å². The molecule has 17 heavy (non-hydrogen) atoms. The molecule has 92 valence electrons. The molecular weight excluding hydrogens is 212 g/mol. The monoisotopic (exact) mass is 232 g/mol. The summed E-state index contributed by atoms with van der Waals surface area (Å²) in [4.78, 5) is 11.9. The van der Waals surface area contributed by atoms with Gasteiger partial charge < -0.3 is 11.1 Å². The zero-order valence-corrected chi connectivity index (χ0v) is 10.7. The zero-order chi connectivity index (χ0) is 12.6. The molecule has 3 heteroatoms. The Hall–Kier alpha value is -1.35. The van der Waals surface area contributed by atoms with Crippen LogP contribution in [0.5, 0.6) is 0 Å². The molecule has 1 amide bonds. The summed E-state index contributed by atoms with van der Waals surface area (Å²) in [5, 5.41) is 2.99. The molecule has 0 aliphatic heterocycles. The Labute approximate surface area is 102 Å². The first-order chi connectivity index (χ1) is 7.92. The van der Waals surface area contributed by atoms with Gasteiger partial charge in [0.15, 0.2) is 0 Å². The standard InChI is InChI=1S/C14H20N2O/c1-9-4-5-12(10(2)8-9)11(3)16-13(17)14(15)6-7-14/h4-5,8,11H,6-7,15H2,1-3H3,(H,16,17). The molecule has 1 aliphatic carbocycles. The number of hydrogen-bond acceptors (Lipinski definition) is 2. The minimum atomic E-state index is -0.590. The molecule has 0 spiro atoms. The van der Waals surface area contributed by atoms with Gasteiger partial charge in [-0.05, 0) is 44.7 Å². The Morgan fingerprint density at radius 1 is 1.41 bits per heavy atom. The van der Waals surface area contributed by atoms with Gasteiger partial charge in [-0.25, -0.2) is 0 Å². The van der Waals surface area contributed by atoms with Crippen LogP contribution < -0.4 is 11.1 Å². The number of amides is 1. The van der Waals surface area contributed by atoms with Crippen molar-refractivity contribution in [3.8, 4) is 0 Å². The Kier molecular flexibility index (Phi) is 2.96. The van der Waals surface area contributed by atoms with Gasteiger partial charge >= 0.3 is 0 Å². The minimum Gasteiger partial charge on any atom is -0.348 e. The largest absolute Gasteiger partial charge is 0.348 e. The number of benzene rings is 1. The maximum atomic E-state index is 11.9. The quantitative estimate of drug-likeness (QED) is 0.837. The molecule has 1 saturated carbocycles. The Morgan fingerprint density at radius 2 is 2.06 bits per heavy atom. The van der Waals surface area contributed by atoms with Gasteiger partial charge in [0.25, 0.3) is 0 Å². The third-order valence-corrected chi connectivity index (χ3v) is 3.48. The summed E-state index contributed by atoms with van der Waals surface area (Å²) in [7, 11) is 0. The number of nitrogens with one attached hydrogen (secondary N) is 1. The third-order valence-electron chi connectivity index (χ3n) is 3.48. The molecule has 1 atom stereocenters. The highest BCUT2D eigenvalue weighted by Gasteiger charge is 2.46. The third kappa shape index (κ3) is 2.50. The van der Waals surface area contributed by atoms with Crippen LogP contribution in [0.3, 0.4) is 0 Å². The number of hydrogen-bond donors (Lipinski definition) is 2. The van der Waals surface area contributed by atoms with Gasteiger partial charge in [0.1, 0.15) is 0 Å². The molecular formula is C14H20N2O.